The Balaban J connectivity index is 2.35. The predicted molar refractivity (Wildman–Crippen MR) is 72.2 cm³/mol. The molecule has 0 radical (unpaired) electrons. The SMILES string of the molecule is Nc1[nH]c(=O)ncc1-c1cccc2ccccc12. The minimum atomic E-state index is -0.434. The zero-order valence-corrected chi connectivity index (χ0v) is 9.55. The lowest BCUT2D eigenvalue weighted by Gasteiger charge is -2.08. The number of nitrogens with two attached hydrogens (primary N) is 1. The van der Waals surface area contributed by atoms with E-state index in [1.165, 1.54) is 6.20 Å². The Morgan fingerprint density at radius 3 is 2.61 bits per heavy atom. The number of nitrogen functional groups attached to an aromatic ring is 1. The molecule has 0 fully saturated rings. The molecular weight excluding hydrogens is 226 g/mol. The summed E-state index contributed by atoms with van der Waals surface area (Å²) >= 11 is 0. The molecule has 88 valence electrons. The van der Waals surface area contributed by atoms with Crippen molar-refractivity contribution in [1.29, 1.82) is 0 Å². The van der Waals surface area contributed by atoms with Crippen molar-refractivity contribution in [1.82, 2.24) is 9.97 Å². The highest BCUT2D eigenvalue weighted by Crippen LogP contribution is 2.30. The largest absolute Gasteiger partial charge is 0.385 e. The Kier molecular flexibility index (Phi) is 2.34. The van der Waals surface area contributed by atoms with Crippen LogP contribution in [-0.2, 0) is 0 Å². The Labute approximate surface area is 103 Å². The third-order valence-corrected chi connectivity index (χ3v) is 2.92. The molecule has 0 amide bonds. The average molecular weight is 237 g/mol. The van der Waals surface area contributed by atoms with Gasteiger partial charge in [-0.15, -0.1) is 0 Å². The van der Waals surface area contributed by atoms with Gasteiger partial charge in [0.15, 0.2) is 0 Å². The molecular formula is C14H11N3O. The highest BCUT2D eigenvalue weighted by molar-refractivity contribution is 5.98. The Morgan fingerprint density at radius 1 is 1.00 bits per heavy atom. The number of nitrogens with zero attached hydrogens (tertiary/aromatic N) is 1. The van der Waals surface area contributed by atoms with Crippen LogP contribution in [0, 0.1) is 0 Å². The maximum atomic E-state index is 11.1. The van der Waals surface area contributed by atoms with Gasteiger partial charge in [-0.05, 0) is 16.3 Å². The van der Waals surface area contributed by atoms with E-state index in [0.29, 0.717) is 5.82 Å². The van der Waals surface area contributed by atoms with Crippen LogP contribution in [0.2, 0.25) is 0 Å². The number of fused-ring (bicyclic) bond motifs is 1. The molecule has 0 aliphatic rings. The average Bonchev–Trinajstić information content (AvgIpc) is 2.38. The molecule has 1 aromatic heterocycles. The minimum Gasteiger partial charge on any atom is -0.385 e. The Morgan fingerprint density at radius 2 is 1.78 bits per heavy atom. The summed E-state index contributed by atoms with van der Waals surface area (Å²) in [5.41, 5.74) is 7.12. The normalized spacial score (nSPS) is 10.7. The van der Waals surface area contributed by atoms with Crippen LogP contribution in [0.15, 0.2) is 53.5 Å². The molecule has 18 heavy (non-hydrogen) atoms. The first kappa shape index (κ1) is 10.5. The van der Waals surface area contributed by atoms with Crippen LogP contribution in [-0.4, -0.2) is 9.97 Å². The van der Waals surface area contributed by atoms with Gasteiger partial charge in [-0.3, -0.25) is 4.98 Å². The van der Waals surface area contributed by atoms with Crippen molar-refractivity contribution in [2.45, 2.75) is 0 Å². The molecule has 3 N–H and O–H groups in total. The van der Waals surface area contributed by atoms with Crippen molar-refractivity contribution < 1.29 is 0 Å². The van der Waals surface area contributed by atoms with Crippen LogP contribution in [0.4, 0.5) is 5.82 Å². The standard InChI is InChI=1S/C14H11N3O/c15-13-12(8-16-14(18)17-13)11-7-3-5-9-4-1-2-6-10(9)11/h1-8H,(H3,15,16,17,18). The summed E-state index contributed by atoms with van der Waals surface area (Å²) in [6.07, 6.45) is 1.51. The van der Waals surface area contributed by atoms with E-state index in [1.54, 1.807) is 0 Å². The number of hydrogen-bond donors (Lipinski definition) is 2. The Bertz CT molecular complexity index is 772. The highest BCUT2D eigenvalue weighted by atomic mass is 16.1. The van der Waals surface area contributed by atoms with Gasteiger partial charge in [-0.1, -0.05) is 42.5 Å². The number of rotatable bonds is 1. The first-order chi connectivity index (χ1) is 8.75. The van der Waals surface area contributed by atoms with Crippen LogP contribution in [0.5, 0.6) is 0 Å². The summed E-state index contributed by atoms with van der Waals surface area (Å²) in [4.78, 5) is 17.3. The lowest BCUT2D eigenvalue weighted by Crippen LogP contribution is -2.12. The number of nitrogens with one attached hydrogen (secondary N) is 1. The van der Waals surface area contributed by atoms with Gasteiger partial charge in [-0.2, -0.15) is 0 Å². The fourth-order valence-corrected chi connectivity index (χ4v) is 2.08. The van der Waals surface area contributed by atoms with E-state index in [4.69, 9.17) is 5.73 Å². The van der Waals surface area contributed by atoms with E-state index in [9.17, 15) is 4.79 Å². The Hall–Kier alpha value is -2.62. The van der Waals surface area contributed by atoms with E-state index >= 15 is 0 Å². The number of benzene rings is 2. The van der Waals surface area contributed by atoms with Crippen molar-refractivity contribution >= 4 is 16.6 Å². The first-order valence-electron chi connectivity index (χ1n) is 5.58. The van der Waals surface area contributed by atoms with Crippen LogP contribution >= 0.6 is 0 Å². The maximum Gasteiger partial charge on any atom is 0.346 e. The van der Waals surface area contributed by atoms with Crippen molar-refractivity contribution in [2.75, 3.05) is 5.73 Å². The van der Waals surface area contributed by atoms with Gasteiger partial charge in [0.25, 0.3) is 0 Å². The van der Waals surface area contributed by atoms with Crippen molar-refractivity contribution in [3.05, 3.63) is 59.1 Å². The van der Waals surface area contributed by atoms with Gasteiger partial charge >= 0.3 is 5.69 Å². The highest BCUT2D eigenvalue weighted by Gasteiger charge is 2.07. The number of anilines is 1. The van der Waals surface area contributed by atoms with Crippen molar-refractivity contribution in [3.8, 4) is 11.1 Å². The summed E-state index contributed by atoms with van der Waals surface area (Å²) in [7, 11) is 0. The second kappa shape index (κ2) is 4.00. The first-order valence-corrected chi connectivity index (χ1v) is 5.58. The molecule has 3 rings (SSSR count). The zero-order valence-electron chi connectivity index (χ0n) is 9.55. The smallest absolute Gasteiger partial charge is 0.346 e. The van der Waals surface area contributed by atoms with E-state index < -0.39 is 5.69 Å². The molecule has 3 aromatic rings. The lowest BCUT2D eigenvalue weighted by atomic mass is 10.00. The summed E-state index contributed by atoms with van der Waals surface area (Å²) in [5, 5.41) is 2.21. The number of aromatic nitrogens is 2. The van der Waals surface area contributed by atoms with Gasteiger partial charge in [0.1, 0.15) is 5.82 Å². The molecule has 0 unspecified atom stereocenters. The molecule has 0 bridgehead atoms. The topological polar surface area (TPSA) is 71.8 Å². The van der Waals surface area contributed by atoms with E-state index in [0.717, 1.165) is 21.9 Å². The summed E-state index contributed by atoms with van der Waals surface area (Å²) in [5.74, 6) is 0.339. The van der Waals surface area contributed by atoms with Gasteiger partial charge in [0.05, 0.1) is 0 Å². The maximum absolute atomic E-state index is 11.1. The van der Waals surface area contributed by atoms with E-state index in [2.05, 4.69) is 9.97 Å². The van der Waals surface area contributed by atoms with Crippen molar-refractivity contribution in [3.63, 3.8) is 0 Å². The third kappa shape index (κ3) is 1.64. The second-order valence-electron chi connectivity index (χ2n) is 4.04. The summed E-state index contributed by atoms with van der Waals surface area (Å²) in [6, 6.07) is 14.0. The van der Waals surface area contributed by atoms with Crippen LogP contribution in [0.25, 0.3) is 21.9 Å². The summed E-state index contributed by atoms with van der Waals surface area (Å²) < 4.78 is 0. The molecule has 0 saturated heterocycles. The fourth-order valence-electron chi connectivity index (χ4n) is 2.08. The van der Waals surface area contributed by atoms with Crippen LogP contribution in [0.1, 0.15) is 0 Å². The molecule has 0 atom stereocenters. The molecule has 1 heterocycles. The minimum absolute atomic E-state index is 0.339. The molecule has 0 aliphatic carbocycles. The molecule has 4 heteroatoms. The molecule has 0 aliphatic heterocycles. The van der Waals surface area contributed by atoms with Gasteiger partial charge in [-0.25, -0.2) is 9.78 Å². The van der Waals surface area contributed by atoms with Crippen molar-refractivity contribution in [2.24, 2.45) is 0 Å². The molecule has 0 saturated carbocycles. The lowest BCUT2D eigenvalue weighted by molar-refractivity contribution is 1.09. The van der Waals surface area contributed by atoms with E-state index in [1.807, 2.05) is 42.5 Å². The van der Waals surface area contributed by atoms with Gasteiger partial charge in [0, 0.05) is 11.8 Å². The monoisotopic (exact) mass is 237 g/mol. The third-order valence-electron chi connectivity index (χ3n) is 2.92. The van der Waals surface area contributed by atoms with E-state index in [-0.39, 0.29) is 0 Å². The summed E-state index contributed by atoms with van der Waals surface area (Å²) in [6.45, 7) is 0. The number of aromatic amines is 1. The quantitative estimate of drug-likeness (QED) is 0.681. The molecule has 0 spiro atoms. The van der Waals surface area contributed by atoms with Gasteiger partial charge < -0.3 is 5.73 Å². The zero-order chi connectivity index (χ0) is 12.5. The fraction of sp³-hybridized carbons (Fsp3) is 0. The molecule has 4 nitrogen and oxygen atoms in total. The number of H-pyrrole nitrogens is 1. The van der Waals surface area contributed by atoms with Gasteiger partial charge in [0.2, 0.25) is 0 Å². The number of hydrogen-bond acceptors (Lipinski definition) is 3. The van der Waals surface area contributed by atoms with Crippen LogP contribution in [0.3, 0.4) is 0 Å². The molecule has 2 aromatic carbocycles. The predicted octanol–water partition coefficient (Wildman–Crippen LogP) is 2.17. The van der Waals surface area contributed by atoms with Crippen LogP contribution < -0.4 is 11.4 Å². The second-order valence-corrected chi connectivity index (χ2v) is 4.04.